The first kappa shape index (κ1) is 18.9. The Kier molecular flexibility index (Phi) is 7.31. The Morgan fingerprint density at radius 1 is 0.818 bits per heavy atom. The van der Waals surface area contributed by atoms with Gasteiger partial charge in [-0.25, -0.2) is 8.78 Å². The molecule has 4 heteroatoms. The molecule has 0 N–H and O–H groups in total. The van der Waals surface area contributed by atoms with E-state index in [0.29, 0.717) is 10.9 Å². The monoisotopic (exact) mass is 344 g/mol. The van der Waals surface area contributed by atoms with Crippen LogP contribution in [0.4, 0.5) is 8.78 Å². The SMILES string of the molecule is CC(C)c1ccc(F)cc1Cl.CC(C)c1cccc(F)c1Cl. The van der Waals surface area contributed by atoms with E-state index in [4.69, 9.17) is 23.2 Å². The maximum absolute atomic E-state index is 12.8. The number of rotatable bonds is 2. The summed E-state index contributed by atoms with van der Waals surface area (Å²) in [7, 11) is 0. The topological polar surface area (TPSA) is 0 Å². The van der Waals surface area contributed by atoms with Gasteiger partial charge in [0.1, 0.15) is 11.6 Å². The van der Waals surface area contributed by atoms with Crippen LogP contribution >= 0.6 is 23.2 Å². The van der Waals surface area contributed by atoms with Crippen LogP contribution in [0, 0.1) is 11.6 Å². The molecule has 0 aromatic heterocycles. The number of hydrogen-bond acceptors (Lipinski definition) is 0. The Morgan fingerprint density at radius 2 is 1.41 bits per heavy atom. The normalized spacial score (nSPS) is 10.6. The first-order chi connectivity index (χ1) is 10.2. The number of halogens is 4. The molecule has 0 aliphatic carbocycles. The van der Waals surface area contributed by atoms with E-state index in [1.54, 1.807) is 12.1 Å². The molecular weight excluding hydrogens is 325 g/mol. The predicted molar refractivity (Wildman–Crippen MR) is 91.0 cm³/mol. The number of hydrogen-bond donors (Lipinski definition) is 0. The molecule has 2 rings (SSSR count). The molecule has 0 heterocycles. The van der Waals surface area contributed by atoms with E-state index in [1.807, 2.05) is 33.8 Å². The summed E-state index contributed by atoms with van der Waals surface area (Å²) in [5.74, 6) is 0.0126. The molecule has 0 aliphatic heterocycles. The molecule has 22 heavy (non-hydrogen) atoms. The minimum absolute atomic E-state index is 0.252. The van der Waals surface area contributed by atoms with Crippen LogP contribution < -0.4 is 0 Å². The van der Waals surface area contributed by atoms with E-state index in [1.165, 1.54) is 18.2 Å². The van der Waals surface area contributed by atoms with Crippen LogP contribution in [-0.2, 0) is 0 Å². The van der Waals surface area contributed by atoms with Crippen LogP contribution in [0.25, 0.3) is 0 Å². The van der Waals surface area contributed by atoms with Gasteiger partial charge in [-0.1, -0.05) is 69.1 Å². The van der Waals surface area contributed by atoms with Gasteiger partial charge < -0.3 is 0 Å². The molecule has 0 radical (unpaired) electrons. The molecule has 0 unspecified atom stereocenters. The number of benzene rings is 2. The first-order valence-corrected chi connectivity index (χ1v) is 7.88. The molecule has 2 aromatic carbocycles. The Balaban J connectivity index is 0.000000220. The van der Waals surface area contributed by atoms with Gasteiger partial charge in [0.25, 0.3) is 0 Å². The molecule has 0 fully saturated rings. The van der Waals surface area contributed by atoms with Crippen molar-refractivity contribution >= 4 is 23.2 Å². The van der Waals surface area contributed by atoms with E-state index >= 15 is 0 Å². The van der Waals surface area contributed by atoms with Gasteiger partial charge in [-0.2, -0.15) is 0 Å². The zero-order chi connectivity index (χ0) is 16.9. The summed E-state index contributed by atoms with van der Waals surface area (Å²) in [6.45, 7) is 8.03. The molecule has 0 nitrogen and oxygen atoms in total. The summed E-state index contributed by atoms with van der Waals surface area (Å²) in [6, 6.07) is 9.39. The molecule has 0 bridgehead atoms. The fourth-order valence-corrected chi connectivity index (χ4v) is 2.67. The predicted octanol–water partition coefficient (Wildman–Crippen LogP) is 7.21. The van der Waals surface area contributed by atoms with E-state index < -0.39 is 0 Å². The first-order valence-electron chi connectivity index (χ1n) is 7.12. The van der Waals surface area contributed by atoms with Crippen molar-refractivity contribution in [3.63, 3.8) is 0 Å². The van der Waals surface area contributed by atoms with Crippen molar-refractivity contribution in [3.8, 4) is 0 Å². The van der Waals surface area contributed by atoms with Gasteiger partial charge in [-0.15, -0.1) is 0 Å². The summed E-state index contributed by atoms with van der Waals surface area (Å²) >= 11 is 11.5. The lowest BCUT2D eigenvalue weighted by molar-refractivity contribution is 0.624. The molecule has 0 saturated heterocycles. The highest BCUT2D eigenvalue weighted by atomic mass is 35.5. The van der Waals surface area contributed by atoms with Crippen LogP contribution in [0.1, 0.15) is 50.7 Å². The molecular formula is C18H20Cl2F2. The lowest BCUT2D eigenvalue weighted by atomic mass is 10.0. The molecule has 2 aromatic rings. The van der Waals surface area contributed by atoms with Crippen molar-refractivity contribution in [1.29, 1.82) is 0 Å². The van der Waals surface area contributed by atoms with Crippen molar-refractivity contribution < 1.29 is 8.78 Å². The van der Waals surface area contributed by atoms with E-state index in [-0.39, 0.29) is 22.6 Å². The Morgan fingerprint density at radius 3 is 1.86 bits per heavy atom. The van der Waals surface area contributed by atoms with Crippen molar-refractivity contribution in [3.05, 3.63) is 69.2 Å². The van der Waals surface area contributed by atoms with Crippen LogP contribution in [0.15, 0.2) is 36.4 Å². The van der Waals surface area contributed by atoms with E-state index in [2.05, 4.69) is 0 Å². The third kappa shape index (κ3) is 5.26. The van der Waals surface area contributed by atoms with Gasteiger partial charge in [0.2, 0.25) is 0 Å². The maximum Gasteiger partial charge on any atom is 0.142 e. The highest BCUT2D eigenvalue weighted by molar-refractivity contribution is 6.31. The fraction of sp³-hybridized carbons (Fsp3) is 0.333. The van der Waals surface area contributed by atoms with E-state index in [9.17, 15) is 8.78 Å². The van der Waals surface area contributed by atoms with Crippen LogP contribution in [0.3, 0.4) is 0 Å². The third-order valence-corrected chi connectivity index (χ3v) is 3.91. The maximum atomic E-state index is 12.8. The van der Waals surface area contributed by atoms with Gasteiger partial charge >= 0.3 is 0 Å². The largest absolute Gasteiger partial charge is 0.207 e. The van der Waals surface area contributed by atoms with Gasteiger partial charge in [0, 0.05) is 5.02 Å². The smallest absolute Gasteiger partial charge is 0.142 e. The highest BCUT2D eigenvalue weighted by Crippen LogP contribution is 2.26. The summed E-state index contributed by atoms with van der Waals surface area (Å²) in [5.41, 5.74) is 1.86. The highest BCUT2D eigenvalue weighted by Gasteiger charge is 2.07. The van der Waals surface area contributed by atoms with Crippen molar-refractivity contribution in [2.24, 2.45) is 0 Å². The van der Waals surface area contributed by atoms with Crippen molar-refractivity contribution in [2.45, 2.75) is 39.5 Å². The molecule has 0 amide bonds. The Labute approximate surface area is 141 Å². The second-order valence-electron chi connectivity index (χ2n) is 5.62. The van der Waals surface area contributed by atoms with Crippen molar-refractivity contribution in [2.75, 3.05) is 0 Å². The quantitative estimate of drug-likeness (QED) is 0.540. The Bertz CT molecular complexity index is 622. The van der Waals surface area contributed by atoms with Crippen LogP contribution in [-0.4, -0.2) is 0 Å². The second-order valence-corrected chi connectivity index (χ2v) is 6.40. The summed E-state index contributed by atoms with van der Waals surface area (Å²) in [4.78, 5) is 0. The molecule has 0 aliphatic rings. The summed E-state index contributed by atoms with van der Waals surface area (Å²) < 4.78 is 25.3. The summed E-state index contributed by atoms with van der Waals surface area (Å²) in [5, 5.41) is 0.766. The molecule has 120 valence electrons. The van der Waals surface area contributed by atoms with Gasteiger partial charge in [0.05, 0.1) is 5.02 Å². The van der Waals surface area contributed by atoms with Gasteiger partial charge in [0.15, 0.2) is 0 Å². The minimum Gasteiger partial charge on any atom is -0.207 e. The third-order valence-electron chi connectivity index (χ3n) is 3.19. The Hall–Kier alpha value is -1.12. The average Bonchev–Trinajstić information content (AvgIpc) is 2.41. The minimum atomic E-state index is -0.335. The zero-order valence-corrected chi connectivity index (χ0v) is 14.6. The summed E-state index contributed by atoms with van der Waals surface area (Å²) in [6.07, 6.45) is 0. The molecule has 0 atom stereocenters. The average molecular weight is 345 g/mol. The van der Waals surface area contributed by atoms with E-state index in [0.717, 1.165) is 11.1 Å². The molecule has 0 spiro atoms. The second kappa shape index (κ2) is 8.50. The van der Waals surface area contributed by atoms with Crippen LogP contribution in [0.5, 0.6) is 0 Å². The van der Waals surface area contributed by atoms with Gasteiger partial charge in [-0.05, 0) is 41.2 Å². The molecule has 0 saturated carbocycles. The van der Waals surface area contributed by atoms with Crippen LogP contribution in [0.2, 0.25) is 10.0 Å². The van der Waals surface area contributed by atoms with Gasteiger partial charge in [-0.3, -0.25) is 0 Å². The lowest BCUT2D eigenvalue weighted by Crippen LogP contribution is -1.90. The fourth-order valence-electron chi connectivity index (χ4n) is 1.94. The lowest BCUT2D eigenvalue weighted by Gasteiger charge is -2.07. The standard InChI is InChI=1S/2C9H10ClF/c1-6(2)8-4-3-7(11)5-9(8)10;1-6(2)7-4-3-5-8(11)9(7)10/h2*3-6H,1-2H3. The van der Waals surface area contributed by atoms with Crippen molar-refractivity contribution in [1.82, 2.24) is 0 Å². The zero-order valence-electron chi connectivity index (χ0n) is 13.1.